The normalized spacial score (nSPS) is 14.6. The summed E-state index contributed by atoms with van der Waals surface area (Å²) >= 11 is 0. The lowest BCUT2D eigenvalue weighted by atomic mass is 10.0. The van der Waals surface area contributed by atoms with E-state index in [4.69, 9.17) is 0 Å². The van der Waals surface area contributed by atoms with Gasteiger partial charge in [-0.05, 0) is 25.3 Å². The quantitative estimate of drug-likeness (QED) is 0.578. The molecule has 0 unspecified atom stereocenters. The fraction of sp³-hybridized carbons (Fsp3) is 0.417. The van der Waals surface area contributed by atoms with Crippen LogP contribution in [0.1, 0.15) is 42.2 Å². The standard InChI is InChI=1S/C24H30N6O2/c1-4-6-17-14-21(27-16-26-17)29-12-8-18(9-13-29)28(3)23(31)20-15-30(11-5-2)24(32)22-19(20)7-10-25-22/h5,7,10,14-16,18,25H,2,4,6,8-9,11-13H2,1,3H3. The van der Waals surface area contributed by atoms with Gasteiger partial charge >= 0.3 is 0 Å². The maximum Gasteiger partial charge on any atom is 0.275 e. The third-order valence-electron chi connectivity index (χ3n) is 6.23. The number of rotatable bonds is 7. The number of amides is 1. The van der Waals surface area contributed by atoms with Gasteiger partial charge in [0.15, 0.2) is 0 Å². The number of aromatic nitrogens is 4. The molecule has 8 nitrogen and oxygen atoms in total. The molecule has 1 amide bonds. The summed E-state index contributed by atoms with van der Waals surface area (Å²) in [6.07, 6.45) is 10.4. The molecule has 0 saturated carbocycles. The largest absolute Gasteiger partial charge is 0.357 e. The van der Waals surface area contributed by atoms with E-state index in [0.717, 1.165) is 50.3 Å². The third kappa shape index (κ3) is 4.17. The summed E-state index contributed by atoms with van der Waals surface area (Å²) in [7, 11) is 1.86. The Bertz CT molecular complexity index is 1170. The van der Waals surface area contributed by atoms with Crippen LogP contribution in [0.3, 0.4) is 0 Å². The van der Waals surface area contributed by atoms with Crippen LogP contribution in [-0.4, -0.2) is 56.5 Å². The lowest BCUT2D eigenvalue weighted by molar-refractivity contribution is 0.0710. The van der Waals surface area contributed by atoms with Crippen LogP contribution in [0, 0.1) is 0 Å². The zero-order valence-corrected chi connectivity index (χ0v) is 18.8. The van der Waals surface area contributed by atoms with Crippen molar-refractivity contribution < 1.29 is 4.79 Å². The minimum atomic E-state index is -0.148. The molecule has 0 atom stereocenters. The summed E-state index contributed by atoms with van der Waals surface area (Å²) in [5.41, 5.74) is 1.90. The number of aromatic amines is 1. The molecule has 3 aromatic rings. The molecule has 1 N–H and O–H groups in total. The number of anilines is 1. The average molecular weight is 435 g/mol. The van der Waals surface area contributed by atoms with Crippen LogP contribution in [0.15, 0.2) is 48.3 Å². The lowest BCUT2D eigenvalue weighted by Gasteiger charge is -2.37. The van der Waals surface area contributed by atoms with Gasteiger partial charge in [-0.3, -0.25) is 9.59 Å². The number of allylic oxidation sites excluding steroid dienone is 1. The Morgan fingerprint density at radius 2 is 2.12 bits per heavy atom. The molecule has 32 heavy (non-hydrogen) atoms. The maximum absolute atomic E-state index is 13.4. The van der Waals surface area contributed by atoms with Crippen LogP contribution in [0.2, 0.25) is 0 Å². The SMILES string of the molecule is C=CCn1cc(C(=O)N(C)C2CCN(c3cc(CCC)ncn3)CC2)c2cc[nH]c2c1=O. The van der Waals surface area contributed by atoms with Crippen molar-refractivity contribution in [2.45, 2.75) is 45.2 Å². The molecule has 4 heterocycles. The summed E-state index contributed by atoms with van der Waals surface area (Å²) < 4.78 is 1.53. The smallest absolute Gasteiger partial charge is 0.275 e. The van der Waals surface area contributed by atoms with Crippen molar-refractivity contribution in [1.29, 1.82) is 0 Å². The Balaban J connectivity index is 1.50. The highest BCUT2D eigenvalue weighted by Gasteiger charge is 2.28. The van der Waals surface area contributed by atoms with Gasteiger partial charge in [0.25, 0.3) is 11.5 Å². The molecule has 0 aliphatic carbocycles. The van der Waals surface area contributed by atoms with Crippen LogP contribution in [0.5, 0.6) is 0 Å². The Morgan fingerprint density at radius 3 is 2.84 bits per heavy atom. The molecule has 0 radical (unpaired) electrons. The van der Waals surface area contributed by atoms with E-state index in [1.165, 1.54) is 4.57 Å². The van der Waals surface area contributed by atoms with E-state index >= 15 is 0 Å². The second-order valence-corrected chi connectivity index (χ2v) is 8.31. The van der Waals surface area contributed by atoms with Crippen LogP contribution < -0.4 is 10.5 Å². The highest BCUT2D eigenvalue weighted by molar-refractivity contribution is 6.05. The van der Waals surface area contributed by atoms with Crippen molar-refractivity contribution >= 4 is 22.6 Å². The average Bonchev–Trinajstić information content (AvgIpc) is 3.31. The Morgan fingerprint density at radius 1 is 1.34 bits per heavy atom. The van der Waals surface area contributed by atoms with Gasteiger partial charge in [0.05, 0.1) is 5.56 Å². The van der Waals surface area contributed by atoms with Gasteiger partial charge in [0.1, 0.15) is 17.7 Å². The van der Waals surface area contributed by atoms with Crippen molar-refractivity contribution in [2.75, 3.05) is 25.0 Å². The molecule has 1 saturated heterocycles. The molecular weight excluding hydrogens is 404 g/mol. The van der Waals surface area contributed by atoms with Gasteiger partial charge in [0, 0.05) is 62.3 Å². The third-order valence-corrected chi connectivity index (χ3v) is 6.23. The molecule has 1 fully saturated rings. The van der Waals surface area contributed by atoms with E-state index in [2.05, 4.69) is 39.4 Å². The number of carbonyl (C=O) groups excluding carboxylic acids is 1. The van der Waals surface area contributed by atoms with Crippen molar-refractivity contribution in [2.24, 2.45) is 0 Å². The Labute approximate surface area is 187 Å². The highest BCUT2D eigenvalue weighted by atomic mass is 16.2. The minimum absolute atomic E-state index is 0.0712. The van der Waals surface area contributed by atoms with E-state index in [-0.39, 0.29) is 17.5 Å². The number of nitrogens with one attached hydrogen (secondary N) is 1. The summed E-state index contributed by atoms with van der Waals surface area (Å²) in [5.74, 6) is 0.888. The van der Waals surface area contributed by atoms with Gasteiger partial charge in [-0.15, -0.1) is 6.58 Å². The van der Waals surface area contributed by atoms with Crippen LogP contribution in [-0.2, 0) is 13.0 Å². The second-order valence-electron chi connectivity index (χ2n) is 8.31. The van der Waals surface area contributed by atoms with E-state index in [0.29, 0.717) is 23.0 Å². The Hall–Kier alpha value is -3.42. The molecule has 3 aromatic heterocycles. The Kier molecular flexibility index (Phi) is 6.39. The zero-order chi connectivity index (χ0) is 22.7. The van der Waals surface area contributed by atoms with Crippen molar-refractivity contribution in [3.8, 4) is 0 Å². The van der Waals surface area contributed by atoms with Crippen LogP contribution in [0.25, 0.3) is 10.9 Å². The molecule has 1 aliphatic heterocycles. The second kappa shape index (κ2) is 9.38. The predicted molar refractivity (Wildman–Crippen MR) is 126 cm³/mol. The molecule has 168 valence electrons. The van der Waals surface area contributed by atoms with Gasteiger partial charge in [-0.1, -0.05) is 19.4 Å². The highest BCUT2D eigenvalue weighted by Crippen LogP contribution is 2.24. The van der Waals surface area contributed by atoms with Crippen molar-refractivity contribution in [3.05, 3.63) is 65.1 Å². The summed E-state index contributed by atoms with van der Waals surface area (Å²) in [4.78, 5) is 41.9. The number of hydrogen-bond acceptors (Lipinski definition) is 5. The number of pyridine rings is 1. The molecule has 0 spiro atoms. The number of hydrogen-bond donors (Lipinski definition) is 1. The van der Waals surface area contributed by atoms with E-state index in [9.17, 15) is 9.59 Å². The number of piperidine rings is 1. The van der Waals surface area contributed by atoms with Gasteiger partial charge in [-0.2, -0.15) is 0 Å². The fourth-order valence-electron chi connectivity index (χ4n) is 4.43. The van der Waals surface area contributed by atoms with Gasteiger partial charge in [-0.25, -0.2) is 9.97 Å². The predicted octanol–water partition coefficient (Wildman–Crippen LogP) is 3.00. The van der Waals surface area contributed by atoms with Crippen LogP contribution in [0.4, 0.5) is 5.82 Å². The lowest BCUT2D eigenvalue weighted by Crippen LogP contribution is -2.46. The van der Waals surface area contributed by atoms with E-state index in [1.807, 2.05) is 11.9 Å². The fourth-order valence-corrected chi connectivity index (χ4v) is 4.43. The molecule has 0 aromatic carbocycles. The zero-order valence-electron chi connectivity index (χ0n) is 18.8. The summed E-state index contributed by atoms with van der Waals surface area (Å²) in [6, 6.07) is 4.00. The van der Waals surface area contributed by atoms with Crippen molar-refractivity contribution in [3.63, 3.8) is 0 Å². The number of carbonyl (C=O) groups is 1. The van der Waals surface area contributed by atoms with E-state index in [1.54, 1.807) is 30.9 Å². The first kappa shape index (κ1) is 21.8. The van der Waals surface area contributed by atoms with Crippen molar-refractivity contribution in [1.82, 2.24) is 24.4 Å². The first-order valence-corrected chi connectivity index (χ1v) is 11.2. The van der Waals surface area contributed by atoms with Gasteiger partial charge in [0.2, 0.25) is 0 Å². The first-order valence-electron chi connectivity index (χ1n) is 11.2. The maximum atomic E-state index is 13.4. The number of aryl methyl sites for hydroxylation is 1. The van der Waals surface area contributed by atoms with Gasteiger partial charge < -0.3 is 19.4 Å². The molecule has 4 rings (SSSR count). The summed E-state index contributed by atoms with van der Waals surface area (Å²) in [6.45, 7) is 7.88. The molecule has 1 aliphatic rings. The number of nitrogens with zero attached hydrogens (tertiary/aromatic N) is 5. The molecule has 0 bridgehead atoms. The molecular formula is C24H30N6O2. The number of fused-ring (bicyclic) bond motifs is 1. The number of H-pyrrole nitrogens is 1. The molecule has 8 heteroatoms. The monoisotopic (exact) mass is 434 g/mol. The summed E-state index contributed by atoms with van der Waals surface area (Å²) in [5, 5.41) is 0.661. The topological polar surface area (TPSA) is 87.1 Å². The first-order chi connectivity index (χ1) is 15.5. The minimum Gasteiger partial charge on any atom is -0.357 e. The van der Waals surface area contributed by atoms with Crippen LogP contribution >= 0.6 is 0 Å². The van der Waals surface area contributed by atoms with E-state index < -0.39 is 0 Å².